The van der Waals surface area contributed by atoms with Crippen LogP contribution in [0.3, 0.4) is 0 Å². The Balaban J connectivity index is 1.59. The molecule has 0 unspecified atom stereocenters. The van der Waals surface area contributed by atoms with Crippen molar-refractivity contribution in [3.8, 4) is 0 Å². The van der Waals surface area contributed by atoms with Crippen LogP contribution in [-0.2, 0) is 10.0 Å². The number of halogens is 1. The van der Waals surface area contributed by atoms with E-state index in [4.69, 9.17) is 11.6 Å². The summed E-state index contributed by atoms with van der Waals surface area (Å²) in [6.45, 7) is 4.01. The second-order valence-corrected chi connectivity index (χ2v) is 10.6. The van der Waals surface area contributed by atoms with Gasteiger partial charge in [0.1, 0.15) is 0 Å². The van der Waals surface area contributed by atoms with Gasteiger partial charge in [-0.1, -0.05) is 11.6 Å². The molecule has 0 aromatic heterocycles. The zero-order valence-electron chi connectivity index (χ0n) is 16.7. The van der Waals surface area contributed by atoms with E-state index in [1.54, 1.807) is 30.3 Å². The van der Waals surface area contributed by atoms with Crippen molar-refractivity contribution >= 4 is 61.7 Å². The number of amidine groups is 1. The van der Waals surface area contributed by atoms with Gasteiger partial charge in [0.05, 0.1) is 22.7 Å². The number of carbonyl (C=O) groups is 2. The average molecular weight is 479 g/mol. The first kappa shape index (κ1) is 21.7. The first-order valence-electron chi connectivity index (χ1n) is 9.47. The van der Waals surface area contributed by atoms with E-state index in [-0.39, 0.29) is 17.7 Å². The number of benzene rings is 2. The largest absolute Gasteiger partial charge is 0.350 e. The van der Waals surface area contributed by atoms with Gasteiger partial charge < -0.3 is 15.5 Å². The van der Waals surface area contributed by atoms with Gasteiger partial charge in [0, 0.05) is 28.1 Å². The van der Waals surface area contributed by atoms with Crippen molar-refractivity contribution in [2.45, 2.75) is 24.8 Å². The summed E-state index contributed by atoms with van der Waals surface area (Å²) in [6, 6.07) is 9.71. The predicted molar refractivity (Wildman–Crippen MR) is 123 cm³/mol. The molecule has 2 aliphatic heterocycles. The van der Waals surface area contributed by atoms with Gasteiger partial charge in [-0.25, -0.2) is 8.42 Å². The molecule has 2 aromatic rings. The summed E-state index contributed by atoms with van der Waals surface area (Å²) in [5.41, 5.74) is 1.79. The lowest BCUT2D eigenvalue weighted by atomic mass is 10.1. The van der Waals surface area contributed by atoms with E-state index in [0.29, 0.717) is 33.5 Å². The maximum absolute atomic E-state index is 12.9. The quantitative estimate of drug-likeness (QED) is 0.697. The van der Waals surface area contributed by atoms with Crippen LogP contribution in [0, 0.1) is 0 Å². The van der Waals surface area contributed by atoms with Crippen molar-refractivity contribution in [3.63, 3.8) is 0 Å². The van der Waals surface area contributed by atoms with Crippen LogP contribution in [0.15, 0.2) is 45.7 Å². The van der Waals surface area contributed by atoms with E-state index in [9.17, 15) is 18.0 Å². The number of anilines is 2. The summed E-state index contributed by atoms with van der Waals surface area (Å²) in [5, 5.41) is 6.33. The minimum Gasteiger partial charge on any atom is -0.350 e. The zero-order valence-corrected chi connectivity index (χ0v) is 19.1. The first-order valence-corrected chi connectivity index (χ1v) is 12.3. The lowest BCUT2D eigenvalue weighted by Gasteiger charge is -2.22. The van der Waals surface area contributed by atoms with Gasteiger partial charge in [0.2, 0.25) is 0 Å². The van der Waals surface area contributed by atoms with Crippen LogP contribution in [0.25, 0.3) is 0 Å². The van der Waals surface area contributed by atoms with Crippen LogP contribution in [0.5, 0.6) is 0 Å². The maximum atomic E-state index is 12.9. The highest BCUT2D eigenvalue weighted by Gasteiger charge is 2.33. The maximum Gasteiger partial charge on any atom is 0.257 e. The third kappa shape index (κ3) is 4.56. The fraction of sp³-hybridized carbons (Fsp3) is 0.250. The van der Waals surface area contributed by atoms with Gasteiger partial charge in [0.25, 0.3) is 21.8 Å². The van der Waals surface area contributed by atoms with Crippen molar-refractivity contribution in [1.29, 1.82) is 0 Å². The van der Waals surface area contributed by atoms with Crippen LogP contribution in [-0.4, -0.2) is 43.7 Å². The van der Waals surface area contributed by atoms with Gasteiger partial charge >= 0.3 is 0 Å². The Morgan fingerprint density at radius 1 is 1.16 bits per heavy atom. The molecule has 0 radical (unpaired) electrons. The smallest absolute Gasteiger partial charge is 0.257 e. The summed E-state index contributed by atoms with van der Waals surface area (Å²) in [4.78, 5) is 28.0. The van der Waals surface area contributed by atoms with Crippen LogP contribution >= 0.6 is 23.4 Å². The van der Waals surface area contributed by atoms with Gasteiger partial charge in [-0.3, -0.25) is 9.59 Å². The number of amides is 2. The molecule has 2 amide bonds. The van der Waals surface area contributed by atoms with E-state index in [1.165, 1.54) is 17.8 Å². The average Bonchev–Trinajstić information content (AvgIpc) is 3.02. The fourth-order valence-electron chi connectivity index (χ4n) is 3.22. The number of thioether (sulfide) groups is 1. The van der Waals surface area contributed by atoms with Gasteiger partial charge in [-0.15, -0.1) is 4.40 Å². The minimum atomic E-state index is -3.45. The molecular formula is C20H19ClN4O4S2. The van der Waals surface area contributed by atoms with E-state index in [2.05, 4.69) is 15.0 Å². The molecule has 2 aromatic carbocycles. The number of sulfonamides is 1. The molecule has 4 rings (SSSR count). The molecule has 0 spiro atoms. The topological polar surface area (TPSA) is 108 Å². The Kier molecular flexibility index (Phi) is 5.71. The summed E-state index contributed by atoms with van der Waals surface area (Å²) < 4.78 is 27.4. The predicted octanol–water partition coefficient (Wildman–Crippen LogP) is 3.34. The summed E-state index contributed by atoms with van der Waals surface area (Å²) in [6.07, 6.45) is 0. The number of nitrogens with one attached hydrogen (secondary N) is 2. The monoisotopic (exact) mass is 478 g/mol. The Hall–Kier alpha value is -2.56. The molecule has 0 saturated carbocycles. The highest BCUT2D eigenvalue weighted by molar-refractivity contribution is 8.15. The normalized spacial score (nSPS) is 16.4. The standard InChI is InChI=1S/C20H19ClN4O4S2/c1-11(2)22-19(27)14-5-4-13(21)10-15(14)23-18(26)12-3-6-16-17(9-12)30-20-24-31(28,29)8-7-25(16)20/h3-6,9-11H,7-8H2,1-2H3,(H,22,27)(H,23,26). The first-order chi connectivity index (χ1) is 14.6. The number of rotatable bonds is 4. The summed E-state index contributed by atoms with van der Waals surface area (Å²) >= 11 is 7.28. The third-order valence-electron chi connectivity index (χ3n) is 4.63. The van der Waals surface area contributed by atoms with Crippen LogP contribution in [0.1, 0.15) is 34.6 Å². The van der Waals surface area contributed by atoms with Crippen molar-refractivity contribution in [1.82, 2.24) is 5.32 Å². The van der Waals surface area contributed by atoms with E-state index in [1.807, 2.05) is 18.7 Å². The molecule has 162 valence electrons. The van der Waals surface area contributed by atoms with Crippen molar-refractivity contribution in [3.05, 3.63) is 52.5 Å². The number of fused-ring (bicyclic) bond motifs is 3. The Bertz CT molecular complexity index is 1230. The molecular weight excluding hydrogens is 460 g/mol. The van der Waals surface area contributed by atoms with Gasteiger partial charge in [-0.05, 0) is 62.0 Å². The zero-order chi connectivity index (χ0) is 22.3. The Morgan fingerprint density at radius 2 is 1.94 bits per heavy atom. The summed E-state index contributed by atoms with van der Waals surface area (Å²) in [5.74, 6) is -0.777. The molecule has 2 aliphatic rings. The SMILES string of the molecule is CC(C)NC(=O)c1ccc(Cl)cc1NC(=O)c1ccc2c(c1)SC1=NS(=O)(=O)CCN12. The van der Waals surface area contributed by atoms with Crippen LogP contribution < -0.4 is 15.5 Å². The highest BCUT2D eigenvalue weighted by atomic mass is 35.5. The molecule has 31 heavy (non-hydrogen) atoms. The second kappa shape index (κ2) is 8.18. The third-order valence-corrected chi connectivity index (χ3v) is 7.17. The fourth-order valence-corrected chi connectivity index (χ4v) is 5.69. The summed E-state index contributed by atoms with van der Waals surface area (Å²) in [7, 11) is -3.45. The van der Waals surface area contributed by atoms with Crippen molar-refractivity contribution < 1.29 is 18.0 Å². The molecule has 0 bridgehead atoms. The van der Waals surface area contributed by atoms with Crippen LogP contribution in [0.4, 0.5) is 11.4 Å². The van der Waals surface area contributed by atoms with Crippen LogP contribution in [0.2, 0.25) is 5.02 Å². The lowest BCUT2D eigenvalue weighted by molar-refractivity contribution is 0.0944. The van der Waals surface area contributed by atoms with E-state index >= 15 is 0 Å². The molecule has 0 fully saturated rings. The Labute approximate surface area is 189 Å². The van der Waals surface area contributed by atoms with Crippen molar-refractivity contribution in [2.24, 2.45) is 4.40 Å². The molecule has 0 atom stereocenters. The molecule has 2 heterocycles. The molecule has 11 heteroatoms. The van der Waals surface area contributed by atoms with Gasteiger partial charge in [0.15, 0.2) is 5.17 Å². The highest BCUT2D eigenvalue weighted by Crippen LogP contribution is 2.42. The van der Waals surface area contributed by atoms with Gasteiger partial charge in [-0.2, -0.15) is 0 Å². The number of hydrogen-bond acceptors (Lipinski definition) is 6. The van der Waals surface area contributed by atoms with Crippen molar-refractivity contribution in [2.75, 3.05) is 22.5 Å². The molecule has 0 aliphatic carbocycles. The number of nitrogens with zero attached hydrogens (tertiary/aromatic N) is 2. The molecule has 2 N–H and O–H groups in total. The molecule has 0 saturated heterocycles. The lowest BCUT2D eigenvalue weighted by Crippen LogP contribution is -2.35. The Morgan fingerprint density at radius 3 is 2.68 bits per heavy atom. The van der Waals surface area contributed by atoms with E-state index < -0.39 is 15.9 Å². The minimum absolute atomic E-state index is 0.0469. The molecule has 8 nitrogen and oxygen atoms in total. The number of carbonyl (C=O) groups excluding carboxylic acids is 2. The van der Waals surface area contributed by atoms with E-state index in [0.717, 1.165) is 10.6 Å². The second-order valence-electron chi connectivity index (χ2n) is 7.37. The number of hydrogen-bond donors (Lipinski definition) is 2.